The SMILES string of the molecule is [Ir].[c-]1ccc2c(oc3ccccc32)c1-c1cc2c(cn1)c1ccc3ccccc3c1n2-c1ccc(-c2ccccc2)cc1.[c-]1ccccc1-c1ccccn1. The molecule has 4 nitrogen and oxygen atoms in total. The number of furan rings is 1. The van der Waals surface area contributed by atoms with Crippen LogP contribution in [0.3, 0.4) is 0 Å². The number of hydrogen-bond acceptors (Lipinski definition) is 3. The van der Waals surface area contributed by atoms with Gasteiger partial charge in [0.05, 0.1) is 11.1 Å². The van der Waals surface area contributed by atoms with E-state index < -0.39 is 0 Å². The topological polar surface area (TPSA) is 43.9 Å². The number of rotatable bonds is 4. The largest absolute Gasteiger partial charge is 0.501 e. The van der Waals surface area contributed by atoms with Crippen LogP contribution in [-0.4, -0.2) is 14.5 Å². The molecule has 0 bridgehead atoms. The van der Waals surface area contributed by atoms with Crippen molar-refractivity contribution in [2.75, 3.05) is 0 Å². The molecule has 4 heterocycles. The molecule has 0 saturated carbocycles. The molecule has 7 aromatic carbocycles. The average Bonchev–Trinajstić information content (AvgIpc) is 3.81. The van der Waals surface area contributed by atoms with E-state index in [0.717, 1.165) is 61.0 Å². The molecular formula is C50H31IrN3O-2. The number of nitrogens with zero attached hydrogens (tertiary/aromatic N) is 3. The summed E-state index contributed by atoms with van der Waals surface area (Å²) in [4.78, 5) is 9.20. The van der Waals surface area contributed by atoms with Gasteiger partial charge in [0.2, 0.25) is 0 Å². The van der Waals surface area contributed by atoms with Crippen molar-refractivity contribution in [1.29, 1.82) is 0 Å². The summed E-state index contributed by atoms with van der Waals surface area (Å²) in [5.41, 5.74) is 11.2. The molecule has 0 aliphatic rings. The first-order chi connectivity index (χ1) is 26.8. The molecule has 0 N–H and O–H groups in total. The van der Waals surface area contributed by atoms with Crippen LogP contribution in [-0.2, 0) is 20.1 Å². The van der Waals surface area contributed by atoms with E-state index in [0.29, 0.717) is 0 Å². The molecule has 1 radical (unpaired) electrons. The molecular weight excluding hydrogens is 851 g/mol. The predicted octanol–water partition coefficient (Wildman–Crippen LogP) is 12.9. The fourth-order valence-corrected chi connectivity index (χ4v) is 7.46. The number of para-hydroxylation sites is 1. The van der Waals surface area contributed by atoms with Gasteiger partial charge in [-0.3, -0.25) is 0 Å². The van der Waals surface area contributed by atoms with E-state index in [9.17, 15) is 0 Å². The molecule has 0 saturated heterocycles. The Balaban J connectivity index is 0.000000261. The molecule has 263 valence electrons. The first-order valence-corrected chi connectivity index (χ1v) is 18.0. The van der Waals surface area contributed by atoms with Gasteiger partial charge in [-0.25, -0.2) is 0 Å². The van der Waals surface area contributed by atoms with Crippen molar-refractivity contribution in [3.63, 3.8) is 0 Å². The van der Waals surface area contributed by atoms with Gasteiger partial charge in [0, 0.05) is 65.2 Å². The van der Waals surface area contributed by atoms with E-state index in [-0.39, 0.29) is 20.1 Å². The maximum Gasteiger partial charge on any atom is 0.120 e. The Bertz CT molecular complexity index is 3040. The average molecular weight is 882 g/mol. The normalized spacial score (nSPS) is 11.1. The van der Waals surface area contributed by atoms with Crippen molar-refractivity contribution in [2.45, 2.75) is 0 Å². The van der Waals surface area contributed by atoms with Gasteiger partial charge < -0.3 is 19.0 Å². The molecule has 0 aliphatic heterocycles. The summed E-state index contributed by atoms with van der Waals surface area (Å²) in [7, 11) is 0. The summed E-state index contributed by atoms with van der Waals surface area (Å²) in [6, 6.07) is 67.0. The zero-order chi connectivity index (χ0) is 35.8. The van der Waals surface area contributed by atoms with E-state index >= 15 is 0 Å². The smallest absolute Gasteiger partial charge is 0.120 e. The van der Waals surface area contributed by atoms with Crippen molar-refractivity contribution in [3.8, 4) is 39.3 Å². The fourth-order valence-electron chi connectivity index (χ4n) is 7.46. The Morgan fingerprint density at radius 2 is 1.27 bits per heavy atom. The molecule has 0 unspecified atom stereocenters. The maximum absolute atomic E-state index is 6.36. The van der Waals surface area contributed by atoms with Crippen molar-refractivity contribution in [3.05, 3.63) is 200 Å². The summed E-state index contributed by atoms with van der Waals surface area (Å²) in [6.07, 6.45) is 3.79. The van der Waals surface area contributed by atoms with Crippen LogP contribution in [0.2, 0.25) is 0 Å². The quantitative estimate of drug-likeness (QED) is 0.165. The summed E-state index contributed by atoms with van der Waals surface area (Å²) >= 11 is 0. The minimum atomic E-state index is 0. The Morgan fingerprint density at radius 3 is 2.09 bits per heavy atom. The second-order valence-electron chi connectivity index (χ2n) is 13.2. The minimum absolute atomic E-state index is 0. The summed E-state index contributed by atoms with van der Waals surface area (Å²) in [6.45, 7) is 0. The number of fused-ring (bicyclic) bond motifs is 8. The standard InChI is InChI=1S/C39H23N2O.C11H8N.Ir/c1-2-9-25(10-3-1)26-17-20-28(21-18-26)41-36-23-35(33-15-8-14-32-30-13-6-7-16-37(30)42-39(32)33)40-24-34(36)31-22-19-27-11-4-5-12-29(27)38(31)41;1-2-6-10(7-3-1)11-8-4-5-9-12-11;/h1-14,16-24H;1-6,8-9H;/q2*-1;. The first kappa shape index (κ1) is 34.1. The van der Waals surface area contributed by atoms with Gasteiger partial charge in [0.25, 0.3) is 0 Å². The van der Waals surface area contributed by atoms with Crippen molar-refractivity contribution in [2.24, 2.45) is 0 Å². The van der Waals surface area contributed by atoms with Gasteiger partial charge in [-0.15, -0.1) is 54.1 Å². The molecule has 4 aromatic heterocycles. The Kier molecular flexibility index (Phi) is 9.09. The van der Waals surface area contributed by atoms with Crippen LogP contribution in [0.15, 0.2) is 193 Å². The zero-order valence-electron chi connectivity index (χ0n) is 29.5. The Labute approximate surface area is 331 Å². The van der Waals surface area contributed by atoms with E-state index in [1.807, 2.05) is 72.9 Å². The van der Waals surface area contributed by atoms with E-state index in [2.05, 4.69) is 131 Å². The van der Waals surface area contributed by atoms with Crippen LogP contribution >= 0.6 is 0 Å². The van der Waals surface area contributed by atoms with Crippen LogP contribution < -0.4 is 0 Å². The minimum Gasteiger partial charge on any atom is -0.501 e. The van der Waals surface area contributed by atoms with E-state index in [4.69, 9.17) is 9.40 Å². The van der Waals surface area contributed by atoms with Crippen LogP contribution in [0, 0.1) is 12.1 Å². The zero-order valence-corrected chi connectivity index (χ0v) is 31.9. The molecule has 0 spiro atoms. The Hall–Kier alpha value is -6.65. The molecule has 0 atom stereocenters. The molecule has 0 fully saturated rings. The number of pyridine rings is 2. The van der Waals surface area contributed by atoms with Crippen molar-refractivity contribution in [1.82, 2.24) is 14.5 Å². The Morgan fingerprint density at radius 1 is 0.509 bits per heavy atom. The van der Waals surface area contributed by atoms with Crippen molar-refractivity contribution < 1.29 is 24.5 Å². The van der Waals surface area contributed by atoms with Crippen LogP contribution in [0.1, 0.15) is 0 Å². The van der Waals surface area contributed by atoms with Crippen LogP contribution in [0.25, 0.3) is 93.8 Å². The van der Waals surface area contributed by atoms with Gasteiger partial charge in [0.1, 0.15) is 5.58 Å². The second kappa shape index (κ2) is 14.6. The molecule has 11 rings (SSSR count). The van der Waals surface area contributed by atoms with Gasteiger partial charge in [-0.1, -0.05) is 126 Å². The predicted molar refractivity (Wildman–Crippen MR) is 222 cm³/mol. The van der Waals surface area contributed by atoms with E-state index in [1.54, 1.807) is 6.20 Å². The monoisotopic (exact) mass is 882 g/mol. The van der Waals surface area contributed by atoms with Crippen molar-refractivity contribution >= 4 is 54.5 Å². The molecule has 0 aliphatic carbocycles. The third-order valence-corrected chi connectivity index (χ3v) is 10.0. The molecule has 55 heavy (non-hydrogen) atoms. The fraction of sp³-hybridized carbons (Fsp3) is 0. The van der Waals surface area contributed by atoms with Gasteiger partial charge in [0.15, 0.2) is 0 Å². The first-order valence-electron chi connectivity index (χ1n) is 18.0. The third kappa shape index (κ3) is 6.20. The van der Waals surface area contributed by atoms with Gasteiger partial charge in [-0.2, -0.15) is 0 Å². The van der Waals surface area contributed by atoms with Crippen LogP contribution in [0.4, 0.5) is 0 Å². The third-order valence-electron chi connectivity index (χ3n) is 10.0. The van der Waals surface area contributed by atoms with E-state index in [1.165, 1.54) is 32.8 Å². The van der Waals surface area contributed by atoms with Gasteiger partial charge >= 0.3 is 0 Å². The molecule has 11 aromatic rings. The molecule has 5 heteroatoms. The summed E-state index contributed by atoms with van der Waals surface area (Å²) in [5.74, 6) is 0. The number of benzene rings is 7. The number of hydrogen-bond donors (Lipinski definition) is 0. The molecule has 0 amide bonds. The second-order valence-corrected chi connectivity index (χ2v) is 13.2. The maximum atomic E-state index is 6.36. The summed E-state index contributed by atoms with van der Waals surface area (Å²) in [5, 5.41) is 6.89. The van der Waals surface area contributed by atoms with Crippen LogP contribution in [0.5, 0.6) is 0 Å². The number of aromatic nitrogens is 3. The van der Waals surface area contributed by atoms with Gasteiger partial charge in [-0.05, 0) is 52.2 Å². The summed E-state index contributed by atoms with van der Waals surface area (Å²) < 4.78 is 8.74.